The van der Waals surface area contributed by atoms with Gasteiger partial charge in [-0.15, -0.1) is 0 Å². The average molecular weight is 272 g/mol. The Labute approximate surface area is 99.8 Å². The summed E-state index contributed by atoms with van der Waals surface area (Å²) in [6.07, 6.45) is 4.49. The van der Waals surface area contributed by atoms with Gasteiger partial charge in [0.1, 0.15) is 5.76 Å². The molecular formula is C12H18BrNO. The van der Waals surface area contributed by atoms with Crippen molar-refractivity contribution < 1.29 is 4.42 Å². The maximum atomic E-state index is 5.38. The summed E-state index contributed by atoms with van der Waals surface area (Å²) in [5, 5.41) is 1.13. The summed E-state index contributed by atoms with van der Waals surface area (Å²) in [7, 11) is 0. The maximum absolute atomic E-state index is 5.38. The van der Waals surface area contributed by atoms with Crippen molar-refractivity contribution in [3.63, 3.8) is 0 Å². The molecule has 84 valence electrons. The van der Waals surface area contributed by atoms with E-state index in [4.69, 9.17) is 4.42 Å². The molecule has 0 bridgehead atoms. The van der Waals surface area contributed by atoms with E-state index >= 15 is 0 Å². The third kappa shape index (κ3) is 2.85. The van der Waals surface area contributed by atoms with Crippen LogP contribution in [0.5, 0.6) is 0 Å². The van der Waals surface area contributed by atoms with Crippen molar-refractivity contribution in [3.8, 4) is 0 Å². The Kier molecular flexibility index (Phi) is 3.52. The maximum Gasteiger partial charge on any atom is 0.117 e. The van der Waals surface area contributed by atoms with Gasteiger partial charge in [-0.05, 0) is 36.9 Å². The second-order valence-electron chi connectivity index (χ2n) is 4.52. The molecule has 1 aromatic heterocycles. The molecule has 0 atom stereocenters. The Hall–Kier alpha value is -0.280. The first kappa shape index (κ1) is 11.2. The van der Waals surface area contributed by atoms with E-state index in [0.717, 1.165) is 24.2 Å². The summed E-state index contributed by atoms with van der Waals surface area (Å²) in [5.41, 5.74) is 0.558. The summed E-state index contributed by atoms with van der Waals surface area (Å²) < 4.78 is 5.38. The minimum Gasteiger partial charge on any atom is -0.468 e. The molecule has 0 spiro atoms. The van der Waals surface area contributed by atoms with E-state index in [0.29, 0.717) is 5.41 Å². The molecule has 0 aliphatic heterocycles. The van der Waals surface area contributed by atoms with Crippen LogP contribution in [0.4, 0.5) is 0 Å². The predicted octanol–water partition coefficient (Wildman–Crippen LogP) is 3.28. The van der Waals surface area contributed by atoms with Crippen LogP contribution in [0.15, 0.2) is 22.8 Å². The Morgan fingerprint density at radius 1 is 1.53 bits per heavy atom. The highest BCUT2D eigenvalue weighted by molar-refractivity contribution is 9.09. The van der Waals surface area contributed by atoms with E-state index in [1.165, 1.54) is 19.4 Å². The summed E-state index contributed by atoms with van der Waals surface area (Å²) in [5.74, 6) is 1.07. The second kappa shape index (κ2) is 4.71. The van der Waals surface area contributed by atoms with Crippen LogP contribution in [-0.2, 0) is 6.54 Å². The van der Waals surface area contributed by atoms with Gasteiger partial charge in [0.2, 0.25) is 0 Å². The fourth-order valence-electron chi connectivity index (χ4n) is 1.89. The average Bonchev–Trinajstić information content (AvgIpc) is 2.84. The topological polar surface area (TPSA) is 16.4 Å². The van der Waals surface area contributed by atoms with Crippen LogP contribution in [-0.4, -0.2) is 23.3 Å². The van der Waals surface area contributed by atoms with Crippen molar-refractivity contribution in [2.75, 3.05) is 18.4 Å². The van der Waals surface area contributed by atoms with Gasteiger partial charge in [-0.25, -0.2) is 0 Å². The summed E-state index contributed by atoms with van der Waals surface area (Å²) in [6.45, 7) is 5.44. The van der Waals surface area contributed by atoms with Crippen LogP contribution in [0.3, 0.4) is 0 Å². The van der Waals surface area contributed by atoms with Gasteiger partial charge in [0, 0.05) is 11.9 Å². The zero-order valence-electron chi connectivity index (χ0n) is 9.21. The second-order valence-corrected chi connectivity index (χ2v) is 5.08. The van der Waals surface area contributed by atoms with Crippen LogP contribution in [0.2, 0.25) is 0 Å². The van der Waals surface area contributed by atoms with Crippen molar-refractivity contribution in [3.05, 3.63) is 24.2 Å². The van der Waals surface area contributed by atoms with E-state index in [9.17, 15) is 0 Å². The number of rotatable bonds is 6. The zero-order valence-corrected chi connectivity index (χ0v) is 10.8. The largest absolute Gasteiger partial charge is 0.468 e. The first-order valence-electron chi connectivity index (χ1n) is 5.59. The monoisotopic (exact) mass is 271 g/mol. The van der Waals surface area contributed by atoms with Crippen LogP contribution in [0, 0.1) is 5.41 Å². The SMILES string of the molecule is CCN(Cc1ccco1)CC1(CBr)CC1. The molecule has 0 amide bonds. The Morgan fingerprint density at radius 3 is 2.80 bits per heavy atom. The van der Waals surface area contributed by atoms with Gasteiger partial charge in [0.05, 0.1) is 12.8 Å². The van der Waals surface area contributed by atoms with Crippen LogP contribution in [0.1, 0.15) is 25.5 Å². The molecule has 1 aromatic rings. The standard InChI is InChI=1S/C12H18BrNO/c1-2-14(8-11-4-3-7-15-11)10-12(9-13)5-6-12/h3-4,7H,2,5-6,8-10H2,1H3. The van der Waals surface area contributed by atoms with E-state index in [1.54, 1.807) is 6.26 Å². The fraction of sp³-hybridized carbons (Fsp3) is 0.667. The predicted molar refractivity (Wildman–Crippen MR) is 65.1 cm³/mol. The molecule has 0 aromatic carbocycles. The van der Waals surface area contributed by atoms with E-state index in [1.807, 2.05) is 6.07 Å². The number of hydrogen-bond acceptors (Lipinski definition) is 2. The van der Waals surface area contributed by atoms with E-state index < -0.39 is 0 Å². The van der Waals surface area contributed by atoms with Gasteiger partial charge in [-0.2, -0.15) is 0 Å². The third-order valence-corrected chi connectivity index (χ3v) is 4.40. The molecule has 2 nitrogen and oxygen atoms in total. The van der Waals surface area contributed by atoms with Crippen molar-refractivity contribution in [2.45, 2.75) is 26.3 Å². The first-order chi connectivity index (χ1) is 7.28. The number of nitrogens with zero attached hydrogens (tertiary/aromatic N) is 1. The van der Waals surface area contributed by atoms with Crippen LogP contribution < -0.4 is 0 Å². The van der Waals surface area contributed by atoms with Crippen molar-refractivity contribution in [1.82, 2.24) is 4.90 Å². The Bertz CT molecular complexity index is 293. The molecule has 2 rings (SSSR count). The molecule has 1 aliphatic rings. The molecule has 15 heavy (non-hydrogen) atoms. The summed E-state index contributed by atoms with van der Waals surface area (Å²) in [4.78, 5) is 2.47. The van der Waals surface area contributed by atoms with Gasteiger partial charge < -0.3 is 4.42 Å². The molecule has 0 radical (unpaired) electrons. The van der Waals surface area contributed by atoms with E-state index in [-0.39, 0.29) is 0 Å². The molecule has 1 fully saturated rings. The van der Waals surface area contributed by atoms with Crippen LogP contribution in [0.25, 0.3) is 0 Å². The summed E-state index contributed by atoms with van der Waals surface area (Å²) in [6, 6.07) is 4.01. The number of hydrogen-bond donors (Lipinski definition) is 0. The van der Waals surface area contributed by atoms with Gasteiger partial charge >= 0.3 is 0 Å². The first-order valence-corrected chi connectivity index (χ1v) is 6.71. The normalized spacial score (nSPS) is 18.3. The van der Waals surface area contributed by atoms with Crippen molar-refractivity contribution in [2.24, 2.45) is 5.41 Å². The zero-order chi connectivity index (χ0) is 10.7. The molecular weight excluding hydrogens is 254 g/mol. The highest BCUT2D eigenvalue weighted by Crippen LogP contribution is 2.47. The van der Waals surface area contributed by atoms with Gasteiger partial charge in [-0.3, -0.25) is 4.90 Å². The fourth-order valence-corrected chi connectivity index (χ4v) is 2.63. The van der Waals surface area contributed by atoms with Crippen molar-refractivity contribution in [1.29, 1.82) is 0 Å². The lowest BCUT2D eigenvalue weighted by atomic mass is 10.1. The minimum atomic E-state index is 0.558. The molecule has 0 saturated heterocycles. The highest BCUT2D eigenvalue weighted by atomic mass is 79.9. The van der Waals surface area contributed by atoms with Crippen molar-refractivity contribution >= 4 is 15.9 Å². The third-order valence-electron chi connectivity index (χ3n) is 3.21. The lowest BCUT2D eigenvalue weighted by molar-refractivity contribution is 0.217. The molecule has 1 saturated carbocycles. The highest BCUT2D eigenvalue weighted by Gasteiger charge is 2.42. The number of alkyl halides is 1. The van der Waals surface area contributed by atoms with E-state index in [2.05, 4.69) is 33.8 Å². The van der Waals surface area contributed by atoms with Gasteiger partial charge in [0.25, 0.3) is 0 Å². The Balaban J connectivity index is 1.88. The number of halogens is 1. The van der Waals surface area contributed by atoms with Gasteiger partial charge in [-0.1, -0.05) is 22.9 Å². The molecule has 1 aliphatic carbocycles. The van der Waals surface area contributed by atoms with Crippen LogP contribution >= 0.6 is 15.9 Å². The number of furan rings is 1. The molecule has 0 unspecified atom stereocenters. The smallest absolute Gasteiger partial charge is 0.117 e. The lowest BCUT2D eigenvalue weighted by Crippen LogP contribution is -2.30. The molecule has 1 heterocycles. The lowest BCUT2D eigenvalue weighted by Gasteiger charge is -2.24. The molecule has 3 heteroatoms. The summed E-state index contributed by atoms with van der Waals surface area (Å²) >= 11 is 3.62. The molecule has 0 N–H and O–H groups in total. The Morgan fingerprint density at radius 2 is 2.33 bits per heavy atom. The van der Waals surface area contributed by atoms with Gasteiger partial charge in [0.15, 0.2) is 0 Å². The quantitative estimate of drug-likeness (QED) is 0.739. The minimum absolute atomic E-state index is 0.558.